The second-order valence-electron chi connectivity index (χ2n) is 5.82. The third-order valence-electron chi connectivity index (χ3n) is 4.16. The number of amides is 1. The molecular formula is C18H15F4NO. The van der Waals surface area contributed by atoms with Crippen molar-refractivity contribution in [2.45, 2.75) is 32.6 Å². The maximum atomic E-state index is 13.5. The number of hydrogen-bond acceptors (Lipinski definition) is 1. The Morgan fingerprint density at radius 2 is 1.71 bits per heavy atom. The Labute approximate surface area is 136 Å². The fourth-order valence-electron chi connectivity index (χ4n) is 2.93. The molecule has 0 atom stereocenters. The molecule has 1 amide bonds. The molecule has 126 valence electrons. The first kappa shape index (κ1) is 16.5. The summed E-state index contributed by atoms with van der Waals surface area (Å²) < 4.78 is 52.8. The number of nitrogens with zero attached hydrogens (tertiary/aromatic N) is 1. The van der Waals surface area contributed by atoms with E-state index in [-0.39, 0.29) is 18.7 Å². The zero-order chi connectivity index (χ0) is 17.5. The van der Waals surface area contributed by atoms with Gasteiger partial charge in [-0.2, -0.15) is 13.2 Å². The summed E-state index contributed by atoms with van der Waals surface area (Å²) >= 11 is 0. The van der Waals surface area contributed by atoms with Gasteiger partial charge in [0.1, 0.15) is 5.82 Å². The smallest absolute Gasteiger partial charge is 0.330 e. The van der Waals surface area contributed by atoms with Crippen LogP contribution < -0.4 is 0 Å². The van der Waals surface area contributed by atoms with E-state index in [0.29, 0.717) is 6.07 Å². The van der Waals surface area contributed by atoms with Crippen molar-refractivity contribution in [3.05, 3.63) is 70.0 Å². The van der Waals surface area contributed by atoms with Crippen LogP contribution in [0.15, 0.2) is 36.4 Å². The van der Waals surface area contributed by atoms with E-state index in [1.165, 1.54) is 4.90 Å². The van der Waals surface area contributed by atoms with E-state index in [0.717, 1.165) is 23.6 Å². The molecule has 0 spiro atoms. The monoisotopic (exact) mass is 337 g/mol. The largest absolute Gasteiger partial charge is 0.417 e. The molecule has 0 fully saturated rings. The number of carbonyl (C=O) groups excluding carboxylic acids is 1. The average Bonchev–Trinajstić information content (AvgIpc) is 2.82. The highest BCUT2D eigenvalue weighted by Gasteiger charge is 2.41. The van der Waals surface area contributed by atoms with Crippen molar-refractivity contribution in [2.75, 3.05) is 0 Å². The molecule has 0 unspecified atom stereocenters. The summed E-state index contributed by atoms with van der Waals surface area (Å²) in [5.41, 5.74) is 0.400. The normalized spacial score (nSPS) is 14.2. The van der Waals surface area contributed by atoms with Crippen molar-refractivity contribution in [3.8, 4) is 0 Å². The van der Waals surface area contributed by atoms with Gasteiger partial charge in [-0.1, -0.05) is 31.2 Å². The first-order valence-electron chi connectivity index (χ1n) is 7.56. The van der Waals surface area contributed by atoms with Gasteiger partial charge in [0.15, 0.2) is 0 Å². The summed E-state index contributed by atoms with van der Waals surface area (Å²) in [5.74, 6) is -1.69. The standard InChI is InChI=1S/C18H15F4NO/c1-2-11-3-5-12(6-4-11)9-23-10-13-7-14(19)8-15(18(20,21)22)16(13)17(23)24/h3-8H,2,9-10H2,1H3. The zero-order valence-corrected chi connectivity index (χ0v) is 13.0. The van der Waals surface area contributed by atoms with Crippen LogP contribution in [0.5, 0.6) is 0 Å². The van der Waals surface area contributed by atoms with Crippen LogP contribution in [-0.2, 0) is 25.7 Å². The Kier molecular flexibility index (Phi) is 4.07. The van der Waals surface area contributed by atoms with Crippen LogP contribution in [0.3, 0.4) is 0 Å². The first-order chi connectivity index (χ1) is 11.3. The number of rotatable bonds is 3. The number of benzene rings is 2. The maximum Gasteiger partial charge on any atom is 0.417 e. The van der Waals surface area contributed by atoms with E-state index in [1.54, 1.807) is 0 Å². The minimum absolute atomic E-state index is 0.0233. The van der Waals surface area contributed by atoms with Crippen LogP contribution in [0.1, 0.15) is 39.5 Å². The molecular weight excluding hydrogens is 322 g/mol. The molecule has 24 heavy (non-hydrogen) atoms. The van der Waals surface area contributed by atoms with E-state index in [2.05, 4.69) is 0 Å². The lowest BCUT2D eigenvalue weighted by Gasteiger charge is -2.16. The highest BCUT2D eigenvalue weighted by Crippen LogP contribution is 2.38. The predicted octanol–water partition coefficient (Wildman–Crippen LogP) is 4.56. The predicted molar refractivity (Wildman–Crippen MR) is 80.8 cm³/mol. The molecule has 0 radical (unpaired) electrons. The third-order valence-corrected chi connectivity index (χ3v) is 4.16. The van der Waals surface area contributed by atoms with Gasteiger partial charge in [-0.3, -0.25) is 4.79 Å². The van der Waals surface area contributed by atoms with Crippen LogP contribution in [0, 0.1) is 5.82 Å². The van der Waals surface area contributed by atoms with Gasteiger partial charge >= 0.3 is 6.18 Å². The highest BCUT2D eigenvalue weighted by molar-refractivity contribution is 6.00. The van der Waals surface area contributed by atoms with Gasteiger partial charge < -0.3 is 4.90 Å². The van der Waals surface area contributed by atoms with Gasteiger partial charge in [0.2, 0.25) is 0 Å². The zero-order valence-electron chi connectivity index (χ0n) is 13.0. The van der Waals surface area contributed by atoms with Crippen LogP contribution in [0.25, 0.3) is 0 Å². The number of carbonyl (C=O) groups is 1. The highest BCUT2D eigenvalue weighted by atomic mass is 19.4. The number of aryl methyl sites for hydroxylation is 1. The summed E-state index contributed by atoms with van der Waals surface area (Å²) in [7, 11) is 0. The number of hydrogen-bond donors (Lipinski definition) is 0. The molecule has 0 saturated heterocycles. The van der Waals surface area contributed by atoms with E-state index in [4.69, 9.17) is 0 Å². The van der Waals surface area contributed by atoms with E-state index in [9.17, 15) is 22.4 Å². The van der Waals surface area contributed by atoms with Crippen molar-refractivity contribution >= 4 is 5.91 Å². The Morgan fingerprint density at radius 1 is 1.08 bits per heavy atom. The topological polar surface area (TPSA) is 20.3 Å². The Balaban J connectivity index is 1.90. The Hall–Kier alpha value is -2.37. The van der Waals surface area contributed by atoms with Gasteiger partial charge in [0.25, 0.3) is 5.91 Å². The van der Waals surface area contributed by atoms with E-state index < -0.39 is 29.0 Å². The Bertz CT molecular complexity index is 781. The quantitative estimate of drug-likeness (QED) is 0.752. The molecule has 1 heterocycles. The molecule has 2 aromatic carbocycles. The second-order valence-corrected chi connectivity index (χ2v) is 5.82. The minimum Gasteiger partial charge on any atom is -0.330 e. The second kappa shape index (κ2) is 5.92. The average molecular weight is 337 g/mol. The van der Waals surface area contributed by atoms with E-state index in [1.807, 2.05) is 31.2 Å². The van der Waals surface area contributed by atoms with Crippen molar-refractivity contribution in [1.29, 1.82) is 0 Å². The minimum atomic E-state index is -4.76. The van der Waals surface area contributed by atoms with Crippen molar-refractivity contribution < 1.29 is 22.4 Å². The third kappa shape index (κ3) is 3.00. The van der Waals surface area contributed by atoms with Crippen molar-refractivity contribution in [2.24, 2.45) is 0 Å². The van der Waals surface area contributed by atoms with E-state index >= 15 is 0 Å². The number of halogens is 4. The first-order valence-corrected chi connectivity index (χ1v) is 7.56. The van der Waals surface area contributed by atoms with Gasteiger partial charge in [-0.25, -0.2) is 4.39 Å². The van der Waals surface area contributed by atoms with Crippen molar-refractivity contribution in [3.63, 3.8) is 0 Å². The van der Waals surface area contributed by atoms with Crippen LogP contribution in [0.4, 0.5) is 17.6 Å². The summed E-state index contributed by atoms with van der Waals surface area (Å²) in [6.07, 6.45) is -3.89. The number of fused-ring (bicyclic) bond motifs is 1. The molecule has 0 aliphatic carbocycles. The lowest BCUT2D eigenvalue weighted by Crippen LogP contribution is -2.24. The SMILES string of the molecule is CCc1ccc(CN2Cc3cc(F)cc(C(F)(F)F)c3C2=O)cc1. The van der Waals surface area contributed by atoms with Gasteiger partial charge in [0, 0.05) is 13.1 Å². The summed E-state index contributed by atoms with van der Waals surface area (Å²) in [6, 6.07) is 8.92. The molecule has 2 aromatic rings. The summed E-state index contributed by atoms with van der Waals surface area (Å²) in [5, 5.41) is 0. The Morgan fingerprint density at radius 3 is 2.29 bits per heavy atom. The molecule has 0 N–H and O–H groups in total. The summed E-state index contributed by atoms with van der Waals surface area (Å²) in [4.78, 5) is 13.7. The number of alkyl halides is 3. The van der Waals surface area contributed by atoms with Crippen LogP contribution in [-0.4, -0.2) is 10.8 Å². The van der Waals surface area contributed by atoms with Gasteiger partial charge in [0.05, 0.1) is 11.1 Å². The lowest BCUT2D eigenvalue weighted by atomic mass is 10.0. The molecule has 0 saturated carbocycles. The fraction of sp³-hybridized carbons (Fsp3) is 0.278. The molecule has 1 aliphatic rings. The van der Waals surface area contributed by atoms with Gasteiger partial charge in [-0.15, -0.1) is 0 Å². The van der Waals surface area contributed by atoms with Gasteiger partial charge in [-0.05, 0) is 35.2 Å². The molecule has 2 nitrogen and oxygen atoms in total. The summed E-state index contributed by atoms with van der Waals surface area (Å²) in [6.45, 7) is 2.18. The van der Waals surface area contributed by atoms with Crippen LogP contribution in [0.2, 0.25) is 0 Å². The van der Waals surface area contributed by atoms with Crippen LogP contribution >= 0.6 is 0 Å². The maximum absolute atomic E-state index is 13.5. The molecule has 0 bridgehead atoms. The molecule has 0 aromatic heterocycles. The molecule has 1 aliphatic heterocycles. The lowest BCUT2D eigenvalue weighted by molar-refractivity contribution is -0.138. The van der Waals surface area contributed by atoms with Crippen molar-refractivity contribution in [1.82, 2.24) is 4.90 Å². The molecule has 3 rings (SSSR count). The molecule has 6 heteroatoms. The fourth-order valence-corrected chi connectivity index (χ4v) is 2.93.